The van der Waals surface area contributed by atoms with Gasteiger partial charge in [0.05, 0.1) is 6.54 Å². The van der Waals surface area contributed by atoms with Crippen molar-refractivity contribution in [3.8, 4) is 0 Å². The smallest absolute Gasteiger partial charge is 0.191 e. The van der Waals surface area contributed by atoms with Crippen LogP contribution in [0.2, 0.25) is 0 Å². The Morgan fingerprint density at radius 3 is 2.65 bits per heavy atom. The highest BCUT2D eigenvalue weighted by Gasteiger charge is 2.02. The topological polar surface area (TPSA) is 52.6 Å². The quantitative estimate of drug-likeness (QED) is 0.379. The lowest BCUT2D eigenvalue weighted by Gasteiger charge is -2.19. The Bertz CT molecular complexity index is 653. The SMILES string of the molecule is CCNC(=NCc1ncc(CC)s1)NCCCCN(C)c1ccccc1. The molecule has 2 aromatic rings. The van der Waals surface area contributed by atoms with Crippen LogP contribution < -0.4 is 15.5 Å². The van der Waals surface area contributed by atoms with E-state index in [9.17, 15) is 0 Å². The number of anilines is 1. The highest BCUT2D eigenvalue weighted by atomic mass is 32.1. The van der Waals surface area contributed by atoms with Crippen molar-refractivity contribution < 1.29 is 0 Å². The average molecular weight is 374 g/mol. The number of para-hydroxylation sites is 1. The molecule has 2 rings (SSSR count). The van der Waals surface area contributed by atoms with Crippen molar-refractivity contribution in [2.75, 3.05) is 31.6 Å². The van der Waals surface area contributed by atoms with Gasteiger partial charge in [0.25, 0.3) is 0 Å². The van der Waals surface area contributed by atoms with E-state index in [0.29, 0.717) is 6.54 Å². The fourth-order valence-electron chi connectivity index (χ4n) is 2.57. The first kappa shape index (κ1) is 20.2. The van der Waals surface area contributed by atoms with Crippen LogP contribution >= 0.6 is 11.3 Å². The van der Waals surface area contributed by atoms with E-state index in [4.69, 9.17) is 0 Å². The minimum Gasteiger partial charge on any atom is -0.375 e. The van der Waals surface area contributed by atoms with Crippen LogP contribution in [0.1, 0.15) is 36.6 Å². The number of rotatable bonds is 10. The molecule has 0 amide bonds. The van der Waals surface area contributed by atoms with Crippen LogP contribution in [0.3, 0.4) is 0 Å². The molecule has 0 atom stereocenters. The molecule has 0 radical (unpaired) electrons. The van der Waals surface area contributed by atoms with E-state index in [0.717, 1.165) is 49.9 Å². The van der Waals surface area contributed by atoms with E-state index in [1.165, 1.54) is 10.6 Å². The van der Waals surface area contributed by atoms with Crippen LogP contribution in [0.4, 0.5) is 5.69 Å². The standard InChI is InChI=1S/C20H31N5S/c1-4-18-15-23-19(26-18)16-24-20(21-5-2)22-13-9-10-14-25(3)17-11-7-6-8-12-17/h6-8,11-12,15H,4-5,9-10,13-14,16H2,1-3H3,(H2,21,22,24). The molecule has 0 saturated carbocycles. The van der Waals surface area contributed by atoms with E-state index >= 15 is 0 Å². The second-order valence-corrected chi connectivity index (χ2v) is 7.36. The van der Waals surface area contributed by atoms with Crippen molar-refractivity contribution in [3.63, 3.8) is 0 Å². The Balaban J connectivity index is 1.69. The number of benzene rings is 1. The lowest BCUT2D eigenvalue weighted by molar-refractivity contribution is 0.687. The van der Waals surface area contributed by atoms with Gasteiger partial charge < -0.3 is 15.5 Å². The second-order valence-electron chi connectivity index (χ2n) is 6.16. The summed E-state index contributed by atoms with van der Waals surface area (Å²) >= 11 is 1.75. The summed E-state index contributed by atoms with van der Waals surface area (Å²) in [6.07, 6.45) is 5.25. The molecule has 0 unspecified atom stereocenters. The molecule has 1 heterocycles. The largest absolute Gasteiger partial charge is 0.375 e. The van der Waals surface area contributed by atoms with Gasteiger partial charge in [0.1, 0.15) is 5.01 Å². The summed E-state index contributed by atoms with van der Waals surface area (Å²) in [4.78, 5) is 12.7. The van der Waals surface area contributed by atoms with Gasteiger partial charge in [-0.2, -0.15) is 0 Å². The minimum absolute atomic E-state index is 0.636. The Morgan fingerprint density at radius 1 is 1.15 bits per heavy atom. The summed E-state index contributed by atoms with van der Waals surface area (Å²) in [5.41, 5.74) is 1.27. The summed E-state index contributed by atoms with van der Waals surface area (Å²) in [5, 5.41) is 7.80. The molecule has 26 heavy (non-hydrogen) atoms. The molecule has 0 fully saturated rings. The van der Waals surface area contributed by atoms with Gasteiger partial charge in [-0.1, -0.05) is 25.1 Å². The number of aliphatic imine (C=N–C) groups is 1. The fourth-order valence-corrected chi connectivity index (χ4v) is 3.35. The first-order chi connectivity index (χ1) is 12.7. The molecule has 2 N–H and O–H groups in total. The lowest BCUT2D eigenvalue weighted by atomic mass is 10.2. The van der Waals surface area contributed by atoms with E-state index < -0.39 is 0 Å². The summed E-state index contributed by atoms with van der Waals surface area (Å²) in [6, 6.07) is 10.5. The van der Waals surface area contributed by atoms with Crippen molar-refractivity contribution in [1.29, 1.82) is 0 Å². The molecule has 0 saturated heterocycles. The number of aromatic nitrogens is 1. The van der Waals surface area contributed by atoms with Crippen LogP contribution in [0.5, 0.6) is 0 Å². The number of aryl methyl sites for hydroxylation is 1. The minimum atomic E-state index is 0.636. The van der Waals surface area contributed by atoms with Gasteiger partial charge >= 0.3 is 0 Å². The van der Waals surface area contributed by atoms with Crippen LogP contribution in [-0.2, 0) is 13.0 Å². The van der Waals surface area contributed by atoms with Crippen molar-refractivity contribution in [1.82, 2.24) is 15.6 Å². The number of nitrogens with one attached hydrogen (secondary N) is 2. The molecule has 5 nitrogen and oxygen atoms in total. The number of unbranched alkanes of at least 4 members (excludes halogenated alkanes) is 1. The van der Waals surface area contributed by atoms with Gasteiger partial charge in [0.2, 0.25) is 0 Å². The monoisotopic (exact) mass is 373 g/mol. The average Bonchev–Trinajstić information content (AvgIpc) is 3.14. The first-order valence-corrected chi connectivity index (χ1v) is 10.3. The highest BCUT2D eigenvalue weighted by molar-refractivity contribution is 7.11. The number of thiazole rings is 1. The summed E-state index contributed by atoms with van der Waals surface area (Å²) < 4.78 is 0. The number of nitrogens with zero attached hydrogens (tertiary/aromatic N) is 3. The normalized spacial score (nSPS) is 11.4. The van der Waals surface area contributed by atoms with Gasteiger partial charge in [0, 0.05) is 43.4 Å². The zero-order valence-electron chi connectivity index (χ0n) is 16.2. The van der Waals surface area contributed by atoms with Crippen LogP contribution in [0.25, 0.3) is 0 Å². The third kappa shape index (κ3) is 7.04. The molecule has 0 spiro atoms. The maximum absolute atomic E-state index is 4.64. The predicted octanol–water partition coefficient (Wildman–Crippen LogP) is 3.68. The molecular formula is C20H31N5S. The molecule has 6 heteroatoms. The van der Waals surface area contributed by atoms with Crippen LogP contribution in [0.15, 0.2) is 41.5 Å². The van der Waals surface area contributed by atoms with Gasteiger partial charge in [0.15, 0.2) is 5.96 Å². The van der Waals surface area contributed by atoms with Crippen molar-refractivity contribution in [2.45, 2.75) is 39.7 Å². The number of hydrogen-bond donors (Lipinski definition) is 2. The molecule has 142 valence electrons. The molecule has 1 aromatic carbocycles. The van der Waals surface area contributed by atoms with Gasteiger partial charge in [-0.3, -0.25) is 0 Å². The Labute approximate surface area is 161 Å². The molecule has 1 aromatic heterocycles. The molecular weight excluding hydrogens is 342 g/mol. The summed E-state index contributed by atoms with van der Waals surface area (Å²) in [7, 11) is 2.15. The van der Waals surface area contributed by atoms with Gasteiger partial charge in [-0.25, -0.2) is 9.98 Å². The Morgan fingerprint density at radius 2 is 1.96 bits per heavy atom. The maximum atomic E-state index is 4.64. The third-order valence-corrected chi connectivity index (χ3v) is 5.20. The highest BCUT2D eigenvalue weighted by Crippen LogP contribution is 2.14. The van der Waals surface area contributed by atoms with E-state index in [1.807, 2.05) is 6.20 Å². The zero-order chi connectivity index (χ0) is 18.6. The van der Waals surface area contributed by atoms with E-state index in [-0.39, 0.29) is 0 Å². The predicted molar refractivity (Wildman–Crippen MR) is 113 cm³/mol. The maximum Gasteiger partial charge on any atom is 0.191 e. The molecule has 0 aliphatic heterocycles. The van der Waals surface area contributed by atoms with Crippen LogP contribution in [0, 0.1) is 0 Å². The zero-order valence-corrected chi connectivity index (χ0v) is 17.0. The second kappa shape index (κ2) is 11.5. The van der Waals surface area contributed by atoms with E-state index in [2.05, 4.69) is 76.7 Å². The third-order valence-electron chi connectivity index (χ3n) is 4.08. The summed E-state index contributed by atoms with van der Waals surface area (Å²) in [5.74, 6) is 0.872. The lowest BCUT2D eigenvalue weighted by Crippen LogP contribution is -2.38. The number of hydrogen-bond acceptors (Lipinski definition) is 4. The Hall–Kier alpha value is -2.08. The van der Waals surface area contributed by atoms with Crippen LogP contribution in [-0.4, -0.2) is 37.6 Å². The van der Waals surface area contributed by atoms with E-state index in [1.54, 1.807) is 11.3 Å². The number of guanidine groups is 1. The van der Waals surface area contributed by atoms with Gasteiger partial charge in [-0.05, 0) is 38.3 Å². The molecule has 0 bridgehead atoms. The Kier molecular flexibility index (Phi) is 8.96. The van der Waals surface area contributed by atoms with Crippen molar-refractivity contribution in [3.05, 3.63) is 46.4 Å². The fraction of sp³-hybridized carbons (Fsp3) is 0.500. The van der Waals surface area contributed by atoms with Gasteiger partial charge in [-0.15, -0.1) is 11.3 Å². The summed E-state index contributed by atoms with van der Waals surface area (Å²) in [6.45, 7) is 7.72. The van der Waals surface area contributed by atoms with Crippen molar-refractivity contribution in [2.24, 2.45) is 4.99 Å². The molecule has 0 aliphatic rings. The first-order valence-electron chi connectivity index (χ1n) is 9.44. The molecule has 0 aliphatic carbocycles. The van der Waals surface area contributed by atoms with Crippen molar-refractivity contribution >= 4 is 23.0 Å².